The maximum atomic E-state index is 9.67. The van der Waals surface area contributed by atoms with Crippen LogP contribution < -0.4 is 10.1 Å². The molecular formula is C13H20ClNO3. The van der Waals surface area contributed by atoms with Crippen molar-refractivity contribution in [2.24, 2.45) is 0 Å². The number of hydrogen-bond donors (Lipinski definition) is 3. The van der Waals surface area contributed by atoms with Crippen molar-refractivity contribution in [3.63, 3.8) is 0 Å². The van der Waals surface area contributed by atoms with Crippen LogP contribution in [-0.4, -0.2) is 42.6 Å². The van der Waals surface area contributed by atoms with E-state index in [1.54, 1.807) is 24.3 Å². The molecule has 5 heteroatoms. The first-order valence-electron chi connectivity index (χ1n) is 6.10. The second-order valence-electron chi connectivity index (χ2n) is 4.06. The number of ether oxygens (including phenoxy) is 1. The number of hydrogen-bond acceptors (Lipinski definition) is 4. The van der Waals surface area contributed by atoms with E-state index in [0.29, 0.717) is 17.3 Å². The number of aliphatic hydroxyl groups is 2. The zero-order valence-electron chi connectivity index (χ0n) is 10.3. The van der Waals surface area contributed by atoms with Crippen LogP contribution in [0.3, 0.4) is 0 Å². The standard InChI is InChI=1S/C13H20ClNO3/c14-11-4-3-5-13(8-11)18-10-12(17)9-15-6-1-2-7-16/h3-5,8,12,15-17H,1-2,6-7,9-10H2. The van der Waals surface area contributed by atoms with Crippen molar-refractivity contribution in [3.05, 3.63) is 29.3 Å². The lowest BCUT2D eigenvalue weighted by molar-refractivity contribution is 0.106. The third-order valence-corrected chi connectivity index (χ3v) is 2.62. The molecule has 1 atom stereocenters. The minimum absolute atomic E-state index is 0.210. The molecule has 3 N–H and O–H groups in total. The van der Waals surface area contributed by atoms with Crippen molar-refractivity contribution in [1.29, 1.82) is 0 Å². The number of nitrogens with one attached hydrogen (secondary N) is 1. The van der Waals surface area contributed by atoms with Crippen molar-refractivity contribution in [2.75, 3.05) is 26.3 Å². The Labute approximate surface area is 113 Å². The Hall–Kier alpha value is -0.810. The molecule has 0 bridgehead atoms. The van der Waals surface area contributed by atoms with Crippen molar-refractivity contribution < 1.29 is 14.9 Å². The van der Waals surface area contributed by atoms with Gasteiger partial charge in [-0.1, -0.05) is 17.7 Å². The highest BCUT2D eigenvalue weighted by Crippen LogP contribution is 2.17. The predicted octanol–water partition coefficient (Wildman–Crippen LogP) is 1.44. The predicted molar refractivity (Wildman–Crippen MR) is 72.1 cm³/mol. The van der Waals surface area contributed by atoms with E-state index in [9.17, 15) is 5.11 Å². The second-order valence-corrected chi connectivity index (χ2v) is 4.49. The van der Waals surface area contributed by atoms with Gasteiger partial charge in [-0.15, -0.1) is 0 Å². The highest BCUT2D eigenvalue weighted by Gasteiger charge is 2.04. The number of benzene rings is 1. The third kappa shape index (κ3) is 6.81. The van der Waals surface area contributed by atoms with Crippen LogP contribution >= 0.6 is 11.6 Å². The van der Waals surface area contributed by atoms with Crippen molar-refractivity contribution in [2.45, 2.75) is 18.9 Å². The van der Waals surface area contributed by atoms with Gasteiger partial charge < -0.3 is 20.3 Å². The van der Waals surface area contributed by atoms with Crippen LogP contribution in [0, 0.1) is 0 Å². The lowest BCUT2D eigenvalue weighted by Crippen LogP contribution is -2.32. The first-order valence-corrected chi connectivity index (χ1v) is 6.48. The van der Waals surface area contributed by atoms with E-state index < -0.39 is 6.10 Å². The molecule has 1 aromatic rings. The topological polar surface area (TPSA) is 61.7 Å². The Morgan fingerprint density at radius 3 is 2.89 bits per heavy atom. The Bertz CT molecular complexity index is 336. The minimum atomic E-state index is -0.557. The molecule has 0 saturated heterocycles. The van der Waals surface area contributed by atoms with Gasteiger partial charge >= 0.3 is 0 Å². The van der Waals surface area contributed by atoms with Gasteiger partial charge in [0.2, 0.25) is 0 Å². The molecule has 1 rings (SSSR count). The highest BCUT2D eigenvalue weighted by molar-refractivity contribution is 6.30. The summed E-state index contributed by atoms with van der Waals surface area (Å²) >= 11 is 5.82. The molecule has 1 unspecified atom stereocenters. The van der Waals surface area contributed by atoms with Gasteiger partial charge in [0.05, 0.1) is 0 Å². The summed E-state index contributed by atoms with van der Waals surface area (Å²) in [4.78, 5) is 0. The Balaban J connectivity index is 2.11. The largest absolute Gasteiger partial charge is 0.491 e. The molecular weight excluding hydrogens is 254 g/mol. The molecule has 0 spiro atoms. The Kier molecular flexibility index (Phi) is 7.76. The van der Waals surface area contributed by atoms with Crippen molar-refractivity contribution in [1.82, 2.24) is 5.32 Å². The molecule has 0 amide bonds. The van der Waals surface area contributed by atoms with E-state index in [1.165, 1.54) is 0 Å². The summed E-state index contributed by atoms with van der Waals surface area (Å²) in [6, 6.07) is 7.08. The number of rotatable bonds is 9. The zero-order chi connectivity index (χ0) is 13.2. The average Bonchev–Trinajstić information content (AvgIpc) is 2.36. The third-order valence-electron chi connectivity index (χ3n) is 2.38. The summed E-state index contributed by atoms with van der Waals surface area (Å²) in [6.45, 7) is 1.70. The zero-order valence-corrected chi connectivity index (χ0v) is 11.1. The molecule has 0 saturated carbocycles. The van der Waals surface area contributed by atoms with Crippen LogP contribution in [0.1, 0.15) is 12.8 Å². The van der Waals surface area contributed by atoms with Crippen LogP contribution in [0.2, 0.25) is 5.02 Å². The Morgan fingerprint density at radius 1 is 1.33 bits per heavy atom. The number of halogens is 1. The summed E-state index contributed by atoms with van der Waals surface area (Å²) in [5.41, 5.74) is 0. The highest BCUT2D eigenvalue weighted by atomic mass is 35.5. The van der Waals surface area contributed by atoms with Crippen LogP contribution in [0.15, 0.2) is 24.3 Å². The molecule has 0 radical (unpaired) electrons. The van der Waals surface area contributed by atoms with Crippen LogP contribution in [0.5, 0.6) is 5.75 Å². The van der Waals surface area contributed by atoms with E-state index >= 15 is 0 Å². The Morgan fingerprint density at radius 2 is 2.17 bits per heavy atom. The van der Waals surface area contributed by atoms with E-state index in [2.05, 4.69) is 5.32 Å². The molecule has 18 heavy (non-hydrogen) atoms. The van der Waals surface area contributed by atoms with Gasteiger partial charge in [0.25, 0.3) is 0 Å². The lowest BCUT2D eigenvalue weighted by Gasteiger charge is -2.13. The monoisotopic (exact) mass is 273 g/mol. The van der Waals surface area contributed by atoms with E-state index in [0.717, 1.165) is 19.4 Å². The second kappa shape index (κ2) is 9.16. The van der Waals surface area contributed by atoms with Gasteiger partial charge in [0.15, 0.2) is 0 Å². The maximum Gasteiger partial charge on any atom is 0.120 e. The van der Waals surface area contributed by atoms with E-state index in [4.69, 9.17) is 21.4 Å². The van der Waals surface area contributed by atoms with E-state index in [-0.39, 0.29) is 13.2 Å². The molecule has 0 aliphatic rings. The number of unbranched alkanes of at least 4 members (excludes halogenated alkanes) is 1. The molecule has 0 aliphatic heterocycles. The van der Waals surface area contributed by atoms with Gasteiger partial charge in [0.1, 0.15) is 18.5 Å². The normalized spacial score (nSPS) is 12.4. The summed E-state index contributed by atoms with van der Waals surface area (Å²) in [5.74, 6) is 0.654. The van der Waals surface area contributed by atoms with Crippen molar-refractivity contribution in [3.8, 4) is 5.75 Å². The first-order chi connectivity index (χ1) is 8.72. The molecule has 0 aromatic heterocycles. The summed E-state index contributed by atoms with van der Waals surface area (Å²) < 4.78 is 5.41. The molecule has 0 fully saturated rings. The molecule has 0 aliphatic carbocycles. The van der Waals surface area contributed by atoms with Crippen molar-refractivity contribution >= 4 is 11.6 Å². The lowest BCUT2D eigenvalue weighted by atomic mass is 10.3. The number of aliphatic hydroxyl groups excluding tert-OH is 2. The van der Waals surface area contributed by atoms with Gasteiger partial charge in [-0.3, -0.25) is 0 Å². The van der Waals surface area contributed by atoms with Crippen LogP contribution in [-0.2, 0) is 0 Å². The first kappa shape index (κ1) is 15.2. The molecule has 0 heterocycles. The maximum absolute atomic E-state index is 9.67. The van der Waals surface area contributed by atoms with Gasteiger partial charge in [-0.25, -0.2) is 0 Å². The minimum Gasteiger partial charge on any atom is -0.491 e. The summed E-state index contributed by atoms with van der Waals surface area (Å²) in [7, 11) is 0. The van der Waals surface area contributed by atoms with Gasteiger partial charge in [0, 0.05) is 18.2 Å². The molecule has 102 valence electrons. The van der Waals surface area contributed by atoms with Crippen LogP contribution in [0.4, 0.5) is 0 Å². The molecule has 4 nitrogen and oxygen atoms in total. The smallest absolute Gasteiger partial charge is 0.120 e. The fraction of sp³-hybridized carbons (Fsp3) is 0.538. The summed E-state index contributed by atoms with van der Waals surface area (Å²) in [6.07, 6.45) is 1.12. The quantitative estimate of drug-likeness (QED) is 0.596. The summed E-state index contributed by atoms with van der Waals surface area (Å²) in [5, 5.41) is 22.0. The fourth-order valence-corrected chi connectivity index (χ4v) is 1.62. The van der Waals surface area contributed by atoms with Gasteiger partial charge in [-0.05, 0) is 37.6 Å². The van der Waals surface area contributed by atoms with Gasteiger partial charge in [-0.2, -0.15) is 0 Å². The van der Waals surface area contributed by atoms with Crippen LogP contribution in [0.25, 0.3) is 0 Å². The van der Waals surface area contributed by atoms with E-state index in [1.807, 2.05) is 0 Å². The average molecular weight is 274 g/mol. The SMILES string of the molecule is OCCCCNCC(O)COc1cccc(Cl)c1. The molecule has 1 aromatic carbocycles. The fourth-order valence-electron chi connectivity index (χ4n) is 1.44.